The van der Waals surface area contributed by atoms with Gasteiger partial charge in [0.2, 0.25) is 0 Å². The number of fused-ring (bicyclic) bond motifs is 9. The van der Waals surface area contributed by atoms with E-state index in [-0.39, 0.29) is 5.60 Å². The molecule has 6 aliphatic rings. The van der Waals surface area contributed by atoms with Gasteiger partial charge < -0.3 is 4.74 Å². The molecule has 6 rings (SSSR count). The fraction of sp³-hybridized carbons (Fsp3) is 0.800. The van der Waals surface area contributed by atoms with Crippen molar-refractivity contribution >= 4 is 5.78 Å². The van der Waals surface area contributed by atoms with Gasteiger partial charge in [0, 0.05) is 11.8 Å². The Morgan fingerprint density at radius 2 is 2.11 bits per heavy atom. The van der Waals surface area contributed by atoms with Crippen LogP contribution in [0.25, 0.3) is 0 Å². The highest BCUT2D eigenvalue weighted by Gasteiger charge is 2.77. The van der Waals surface area contributed by atoms with Gasteiger partial charge in [0.1, 0.15) is 0 Å². The van der Waals surface area contributed by atoms with E-state index < -0.39 is 0 Å². The molecule has 0 radical (unpaired) electrons. The largest absolute Gasteiger partial charge is 0.366 e. The molecule has 4 saturated carbocycles. The Morgan fingerprint density at radius 3 is 2.85 bits per heavy atom. The second-order valence-corrected chi connectivity index (χ2v) is 10.5. The molecule has 0 N–H and O–H groups in total. The maximum Gasteiger partial charge on any atom is 0.155 e. The molecule has 4 unspecified atom stereocenters. The van der Waals surface area contributed by atoms with Gasteiger partial charge in [-0.3, -0.25) is 4.79 Å². The Labute approximate surface area is 163 Å². The third kappa shape index (κ3) is 1.94. The van der Waals surface area contributed by atoms with Crippen molar-refractivity contribution < 1.29 is 9.53 Å². The first-order valence-corrected chi connectivity index (χ1v) is 11.7. The molecule has 1 aliphatic heterocycles. The normalized spacial score (nSPS) is 55.0. The number of hydrogen-bond acceptors (Lipinski definition) is 2. The van der Waals surface area contributed by atoms with Crippen molar-refractivity contribution in [3.8, 4) is 0 Å². The molecule has 1 spiro atoms. The molecule has 2 heteroatoms. The van der Waals surface area contributed by atoms with Crippen LogP contribution in [0.1, 0.15) is 65.2 Å². The molecule has 0 bridgehead atoms. The summed E-state index contributed by atoms with van der Waals surface area (Å²) in [7, 11) is 0. The smallest absolute Gasteiger partial charge is 0.155 e. The van der Waals surface area contributed by atoms with Gasteiger partial charge in [-0.1, -0.05) is 38.0 Å². The zero-order valence-corrected chi connectivity index (χ0v) is 17.0. The second kappa shape index (κ2) is 5.59. The molecule has 0 aromatic carbocycles. The summed E-state index contributed by atoms with van der Waals surface area (Å²) in [6.07, 6.45) is 16.7. The Hall–Kier alpha value is -0.890. The third-order valence-corrected chi connectivity index (χ3v) is 10.1. The highest BCUT2D eigenvalue weighted by Crippen LogP contribution is 2.79. The first kappa shape index (κ1) is 17.0. The van der Waals surface area contributed by atoms with E-state index in [1.165, 1.54) is 44.1 Å². The van der Waals surface area contributed by atoms with Crippen LogP contribution in [0.5, 0.6) is 0 Å². The summed E-state index contributed by atoms with van der Waals surface area (Å²) in [5.41, 5.74) is 1.98. The van der Waals surface area contributed by atoms with Crippen molar-refractivity contribution in [2.45, 2.75) is 70.8 Å². The van der Waals surface area contributed by atoms with E-state index in [9.17, 15) is 4.79 Å². The monoisotopic (exact) mass is 366 g/mol. The first-order chi connectivity index (χ1) is 13.1. The van der Waals surface area contributed by atoms with Crippen molar-refractivity contribution in [2.75, 3.05) is 6.61 Å². The summed E-state index contributed by atoms with van der Waals surface area (Å²) < 4.78 is 6.62. The van der Waals surface area contributed by atoms with Crippen LogP contribution >= 0.6 is 0 Å². The molecule has 5 aliphatic carbocycles. The van der Waals surface area contributed by atoms with E-state index in [0.29, 0.717) is 17.1 Å². The van der Waals surface area contributed by atoms with Crippen LogP contribution in [-0.4, -0.2) is 18.0 Å². The summed E-state index contributed by atoms with van der Waals surface area (Å²) in [5.74, 6) is 6.13. The van der Waals surface area contributed by atoms with Crippen LogP contribution in [0.2, 0.25) is 0 Å². The average Bonchev–Trinajstić information content (AvgIpc) is 3.26. The van der Waals surface area contributed by atoms with Gasteiger partial charge in [-0.05, 0) is 86.0 Å². The van der Waals surface area contributed by atoms with Crippen LogP contribution in [0, 0.1) is 46.8 Å². The van der Waals surface area contributed by atoms with Gasteiger partial charge in [-0.25, -0.2) is 0 Å². The fourth-order valence-electron chi connectivity index (χ4n) is 9.27. The van der Waals surface area contributed by atoms with Crippen molar-refractivity contribution in [1.29, 1.82) is 0 Å². The van der Waals surface area contributed by atoms with Crippen molar-refractivity contribution in [2.24, 2.45) is 46.8 Å². The minimum Gasteiger partial charge on any atom is -0.366 e. The molecule has 9 atom stereocenters. The van der Waals surface area contributed by atoms with Gasteiger partial charge >= 0.3 is 0 Å². The topological polar surface area (TPSA) is 26.3 Å². The van der Waals surface area contributed by atoms with Crippen molar-refractivity contribution in [3.05, 3.63) is 23.8 Å². The minimum atomic E-state index is 0.0684. The number of ether oxygens (including phenoxy) is 1. The zero-order valence-electron chi connectivity index (χ0n) is 17.0. The third-order valence-electron chi connectivity index (χ3n) is 10.1. The number of rotatable bonds is 2. The molecule has 146 valence electrons. The van der Waals surface area contributed by atoms with E-state index in [2.05, 4.69) is 32.1 Å². The zero-order chi connectivity index (χ0) is 18.4. The number of hydrogen-bond donors (Lipinski definition) is 0. The lowest BCUT2D eigenvalue weighted by Gasteiger charge is -2.60. The minimum absolute atomic E-state index is 0.0684. The van der Waals surface area contributed by atoms with Crippen LogP contribution < -0.4 is 0 Å². The first-order valence-electron chi connectivity index (χ1n) is 11.7. The Kier molecular flexibility index (Phi) is 3.52. The molecule has 0 aromatic rings. The van der Waals surface area contributed by atoms with Crippen LogP contribution in [-0.2, 0) is 9.53 Å². The van der Waals surface area contributed by atoms with Gasteiger partial charge in [0.25, 0.3) is 0 Å². The molecule has 2 nitrogen and oxygen atoms in total. The van der Waals surface area contributed by atoms with Gasteiger partial charge in [0.05, 0.1) is 12.2 Å². The Morgan fingerprint density at radius 1 is 1.22 bits per heavy atom. The molecule has 4 fully saturated rings. The van der Waals surface area contributed by atoms with E-state index >= 15 is 0 Å². The lowest BCUT2D eigenvalue weighted by atomic mass is 9.45. The van der Waals surface area contributed by atoms with Gasteiger partial charge in [-0.15, -0.1) is 0 Å². The summed E-state index contributed by atoms with van der Waals surface area (Å²) in [4.78, 5) is 12.1. The van der Waals surface area contributed by atoms with Crippen molar-refractivity contribution in [1.82, 2.24) is 0 Å². The quantitative estimate of drug-likeness (QED) is 0.617. The molecule has 0 amide bonds. The average molecular weight is 367 g/mol. The molecular weight excluding hydrogens is 332 g/mol. The standard InChI is InChI=1S/C25H34O2/c1-3-15-12-16-13-17(26)6-7-18(16)19-8-10-24(4-2)23(22(15)19)20-14-21(20)25(24)9-5-11-27-25/h5,9,13,15,18-23H,3-4,6-8,10-12,14H2,1-2H3/t15?,18-,19?,20+,21-,22?,23?,24-,25-/m0/s1. The molecular formula is C25H34O2. The predicted octanol–water partition coefficient (Wildman–Crippen LogP) is 5.34. The summed E-state index contributed by atoms with van der Waals surface area (Å²) in [6.45, 7) is 5.68. The highest BCUT2D eigenvalue weighted by atomic mass is 16.5. The van der Waals surface area contributed by atoms with E-state index in [4.69, 9.17) is 4.74 Å². The second-order valence-electron chi connectivity index (χ2n) is 10.5. The number of allylic oxidation sites excluding steroid dienone is 1. The van der Waals surface area contributed by atoms with Gasteiger partial charge in [-0.2, -0.15) is 0 Å². The van der Waals surface area contributed by atoms with Gasteiger partial charge in [0.15, 0.2) is 5.78 Å². The molecule has 0 saturated heterocycles. The number of carbonyl (C=O) groups is 1. The SMILES string of the molecule is CCC1CC2=CC(=O)CC[C@@H]2C2CC[C@@]3(CC)C(C12)[C@@H]1C[C@@H]1[C@@]31C=CCO1. The van der Waals surface area contributed by atoms with E-state index in [0.717, 1.165) is 55.0 Å². The number of carbonyl (C=O) groups excluding carboxylic acids is 1. The van der Waals surface area contributed by atoms with Crippen LogP contribution in [0.3, 0.4) is 0 Å². The predicted molar refractivity (Wildman–Crippen MR) is 106 cm³/mol. The maximum absolute atomic E-state index is 12.1. The fourth-order valence-corrected chi connectivity index (χ4v) is 9.27. The molecule has 27 heavy (non-hydrogen) atoms. The summed E-state index contributed by atoms with van der Waals surface area (Å²) >= 11 is 0. The molecule has 1 heterocycles. The Balaban J connectivity index is 1.44. The van der Waals surface area contributed by atoms with Crippen molar-refractivity contribution in [3.63, 3.8) is 0 Å². The number of ketones is 1. The summed E-state index contributed by atoms with van der Waals surface area (Å²) in [5, 5.41) is 0. The highest BCUT2D eigenvalue weighted by molar-refractivity contribution is 5.91. The summed E-state index contributed by atoms with van der Waals surface area (Å²) in [6, 6.07) is 0. The van der Waals surface area contributed by atoms with E-state index in [1.54, 1.807) is 0 Å². The lowest BCUT2D eigenvalue weighted by molar-refractivity contribution is -0.152. The van der Waals surface area contributed by atoms with Crippen LogP contribution in [0.4, 0.5) is 0 Å². The van der Waals surface area contributed by atoms with Crippen LogP contribution in [0.15, 0.2) is 23.8 Å². The Bertz CT molecular complexity index is 735. The lowest BCUT2D eigenvalue weighted by Crippen LogP contribution is -2.57. The molecule has 0 aromatic heterocycles. The maximum atomic E-state index is 12.1. The van der Waals surface area contributed by atoms with E-state index in [1.807, 2.05) is 0 Å².